The van der Waals surface area contributed by atoms with Gasteiger partial charge in [-0.25, -0.2) is 0 Å². The summed E-state index contributed by atoms with van der Waals surface area (Å²) in [6, 6.07) is 5.80. The van der Waals surface area contributed by atoms with Gasteiger partial charge in [-0.3, -0.25) is 4.79 Å². The predicted molar refractivity (Wildman–Crippen MR) is 79.4 cm³/mol. The molecule has 3 rings (SSSR count). The van der Waals surface area contributed by atoms with Crippen LogP contribution in [0.15, 0.2) is 18.2 Å². The number of nitrogens with zero attached hydrogens (tertiary/aromatic N) is 1. The number of aromatic amines is 1. The zero-order valence-corrected chi connectivity index (χ0v) is 12.1. The van der Waals surface area contributed by atoms with E-state index in [1.54, 1.807) is 7.11 Å². The zero-order chi connectivity index (χ0) is 14.1. The summed E-state index contributed by atoms with van der Waals surface area (Å²) in [5.74, 6) is 1.20. The normalized spacial score (nSPS) is 14.4. The minimum Gasteiger partial charge on any atom is -0.497 e. The van der Waals surface area contributed by atoms with Gasteiger partial charge in [-0.2, -0.15) is 0 Å². The van der Waals surface area contributed by atoms with Gasteiger partial charge in [0.2, 0.25) is 5.91 Å². The quantitative estimate of drug-likeness (QED) is 0.831. The van der Waals surface area contributed by atoms with E-state index in [2.05, 4.69) is 10.3 Å². The molecule has 106 valence electrons. The molecule has 1 heterocycles. The minimum atomic E-state index is 0.165. The van der Waals surface area contributed by atoms with Gasteiger partial charge in [-0.05, 0) is 37.2 Å². The molecule has 0 radical (unpaired) electrons. The Labute approximate surface area is 121 Å². The second-order valence-electron chi connectivity index (χ2n) is 5.03. The highest BCUT2D eigenvalue weighted by Gasteiger charge is 2.29. The average molecular weight is 291 g/mol. The van der Waals surface area contributed by atoms with Gasteiger partial charge in [0.15, 0.2) is 4.77 Å². The van der Waals surface area contributed by atoms with Crippen molar-refractivity contribution < 1.29 is 9.53 Å². The van der Waals surface area contributed by atoms with Crippen LogP contribution >= 0.6 is 12.2 Å². The summed E-state index contributed by atoms with van der Waals surface area (Å²) in [5, 5.41) is 2.95. The van der Waals surface area contributed by atoms with Crippen LogP contribution < -0.4 is 10.1 Å². The Hall–Kier alpha value is -1.82. The molecule has 1 aliphatic carbocycles. The Morgan fingerprint density at radius 2 is 2.35 bits per heavy atom. The topological polar surface area (TPSA) is 59.0 Å². The van der Waals surface area contributed by atoms with Gasteiger partial charge in [0.25, 0.3) is 0 Å². The van der Waals surface area contributed by atoms with Crippen LogP contribution in [-0.2, 0) is 11.3 Å². The molecule has 0 saturated heterocycles. The Bertz CT molecular complexity index is 700. The fraction of sp³-hybridized carbons (Fsp3) is 0.429. The number of benzene rings is 1. The highest BCUT2D eigenvalue weighted by Crippen LogP contribution is 2.28. The molecule has 0 aliphatic heterocycles. The number of amides is 1. The number of aromatic nitrogens is 2. The first-order chi connectivity index (χ1) is 9.69. The lowest BCUT2D eigenvalue weighted by Crippen LogP contribution is -2.28. The molecular weight excluding hydrogens is 274 g/mol. The van der Waals surface area contributed by atoms with Gasteiger partial charge in [0, 0.05) is 25.1 Å². The van der Waals surface area contributed by atoms with Gasteiger partial charge in [-0.1, -0.05) is 0 Å². The Morgan fingerprint density at radius 3 is 3.05 bits per heavy atom. The van der Waals surface area contributed by atoms with E-state index < -0.39 is 0 Å². The number of H-pyrrole nitrogens is 1. The molecular formula is C14H17N3O2S. The molecule has 1 amide bonds. The third-order valence-electron chi connectivity index (χ3n) is 3.56. The van der Waals surface area contributed by atoms with Crippen LogP contribution in [0.4, 0.5) is 0 Å². The van der Waals surface area contributed by atoms with Crippen LogP contribution in [0.3, 0.4) is 0 Å². The average Bonchev–Trinajstić information content (AvgIpc) is 3.24. The van der Waals surface area contributed by atoms with E-state index in [9.17, 15) is 4.79 Å². The first-order valence-corrected chi connectivity index (χ1v) is 7.14. The molecule has 1 aromatic heterocycles. The van der Waals surface area contributed by atoms with Crippen LogP contribution in [-0.4, -0.2) is 29.1 Å². The number of rotatable bonds is 5. The fourth-order valence-electron chi connectivity index (χ4n) is 2.27. The number of methoxy groups -OCH3 is 1. The Balaban J connectivity index is 1.75. The third-order valence-corrected chi connectivity index (χ3v) is 3.89. The Kier molecular flexibility index (Phi) is 3.48. The number of nitrogens with one attached hydrogen (secondary N) is 2. The summed E-state index contributed by atoms with van der Waals surface area (Å²) in [5.41, 5.74) is 1.97. The fourth-order valence-corrected chi connectivity index (χ4v) is 2.57. The number of ether oxygens (including phenoxy) is 1. The SMILES string of the molecule is COc1ccc2c(c1)[nH]c(=S)n2CCNC(=O)C1CC1. The number of hydrogen-bond donors (Lipinski definition) is 2. The monoisotopic (exact) mass is 291 g/mol. The zero-order valence-electron chi connectivity index (χ0n) is 11.3. The van der Waals surface area contributed by atoms with E-state index in [0.29, 0.717) is 17.9 Å². The van der Waals surface area contributed by atoms with Crippen molar-refractivity contribution in [2.45, 2.75) is 19.4 Å². The second-order valence-corrected chi connectivity index (χ2v) is 5.42. The molecule has 1 aliphatic rings. The van der Waals surface area contributed by atoms with Crippen LogP contribution in [0.25, 0.3) is 11.0 Å². The van der Waals surface area contributed by atoms with Crippen molar-refractivity contribution in [3.8, 4) is 5.75 Å². The summed E-state index contributed by atoms with van der Waals surface area (Å²) >= 11 is 5.33. The lowest BCUT2D eigenvalue weighted by atomic mass is 10.3. The molecule has 0 unspecified atom stereocenters. The summed E-state index contributed by atoms with van der Waals surface area (Å²) in [4.78, 5) is 14.8. The van der Waals surface area contributed by atoms with Crippen molar-refractivity contribution in [3.05, 3.63) is 23.0 Å². The molecule has 2 N–H and O–H groups in total. The second kappa shape index (κ2) is 5.28. The van der Waals surface area contributed by atoms with Crippen molar-refractivity contribution in [2.75, 3.05) is 13.7 Å². The smallest absolute Gasteiger partial charge is 0.223 e. The number of carbonyl (C=O) groups is 1. The van der Waals surface area contributed by atoms with Crippen LogP contribution in [0.5, 0.6) is 5.75 Å². The molecule has 1 saturated carbocycles. The summed E-state index contributed by atoms with van der Waals surface area (Å²) in [6.45, 7) is 1.27. The summed E-state index contributed by atoms with van der Waals surface area (Å²) in [7, 11) is 1.64. The predicted octanol–water partition coefficient (Wildman–Crippen LogP) is 2.23. The third kappa shape index (κ3) is 2.56. The van der Waals surface area contributed by atoms with E-state index in [4.69, 9.17) is 17.0 Å². The number of hydrogen-bond acceptors (Lipinski definition) is 3. The van der Waals surface area contributed by atoms with E-state index in [1.165, 1.54) is 0 Å². The molecule has 1 fully saturated rings. The molecule has 6 heteroatoms. The summed E-state index contributed by atoms with van der Waals surface area (Å²) < 4.78 is 7.86. The first kappa shape index (κ1) is 13.2. The molecule has 2 aromatic rings. The van der Waals surface area contributed by atoms with Crippen molar-refractivity contribution >= 4 is 29.2 Å². The highest BCUT2D eigenvalue weighted by atomic mass is 32.1. The van der Waals surface area contributed by atoms with Gasteiger partial charge in [-0.15, -0.1) is 0 Å². The lowest BCUT2D eigenvalue weighted by molar-refractivity contribution is -0.122. The maximum Gasteiger partial charge on any atom is 0.223 e. The van der Waals surface area contributed by atoms with Crippen LogP contribution in [0.1, 0.15) is 12.8 Å². The van der Waals surface area contributed by atoms with Crippen molar-refractivity contribution in [2.24, 2.45) is 5.92 Å². The number of imidazole rings is 1. The molecule has 0 atom stereocenters. The first-order valence-electron chi connectivity index (χ1n) is 6.73. The van der Waals surface area contributed by atoms with E-state index in [-0.39, 0.29) is 11.8 Å². The number of fused-ring (bicyclic) bond motifs is 1. The highest BCUT2D eigenvalue weighted by molar-refractivity contribution is 7.71. The molecule has 0 spiro atoms. The molecule has 0 bridgehead atoms. The molecule has 20 heavy (non-hydrogen) atoms. The lowest BCUT2D eigenvalue weighted by Gasteiger charge is -2.07. The van der Waals surface area contributed by atoms with Crippen molar-refractivity contribution in [3.63, 3.8) is 0 Å². The summed E-state index contributed by atoms with van der Waals surface area (Å²) in [6.07, 6.45) is 2.05. The van der Waals surface area contributed by atoms with E-state index in [1.807, 2.05) is 22.8 Å². The largest absolute Gasteiger partial charge is 0.497 e. The van der Waals surface area contributed by atoms with Crippen LogP contribution in [0, 0.1) is 10.7 Å². The Morgan fingerprint density at radius 1 is 1.55 bits per heavy atom. The van der Waals surface area contributed by atoms with Gasteiger partial charge >= 0.3 is 0 Å². The number of carbonyl (C=O) groups excluding carboxylic acids is 1. The maximum absolute atomic E-state index is 11.6. The van der Waals surface area contributed by atoms with Crippen molar-refractivity contribution in [1.82, 2.24) is 14.9 Å². The molecule has 1 aromatic carbocycles. The van der Waals surface area contributed by atoms with Gasteiger partial charge < -0.3 is 19.6 Å². The van der Waals surface area contributed by atoms with E-state index >= 15 is 0 Å². The minimum absolute atomic E-state index is 0.165. The van der Waals surface area contributed by atoms with Crippen molar-refractivity contribution in [1.29, 1.82) is 0 Å². The van der Waals surface area contributed by atoms with Gasteiger partial charge in [0.1, 0.15) is 5.75 Å². The van der Waals surface area contributed by atoms with E-state index in [0.717, 1.165) is 29.6 Å². The van der Waals surface area contributed by atoms with Crippen LogP contribution in [0.2, 0.25) is 0 Å². The van der Waals surface area contributed by atoms with Gasteiger partial charge in [0.05, 0.1) is 18.1 Å². The molecule has 5 nitrogen and oxygen atoms in total. The maximum atomic E-state index is 11.6. The standard InChI is InChI=1S/C14H17N3O2S/c1-19-10-4-5-12-11(8-10)16-14(20)17(12)7-6-15-13(18)9-2-3-9/h4-5,8-9H,2-3,6-7H2,1H3,(H,15,18)(H,16,20).